The number of likely N-dealkylation sites (N-methyl/N-ethyl adjacent to an activating group) is 1. The van der Waals surface area contributed by atoms with Gasteiger partial charge in [0.25, 0.3) is 7.82 Å². The van der Waals surface area contributed by atoms with Crippen molar-refractivity contribution in [3.05, 3.63) is 12.2 Å². The Balaban J connectivity index is 4.21. The van der Waals surface area contributed by atoms with E-state index in [0.717, 1.165) is 44.9 Å². The molecule has 0 aromatic heterocycles. The van der Waals surface area contributed by atoms with Gasteiger partial charge in [-0.2, -0.15) is 0 Å². The summed E-state index contributed by atoms with van der Waals surface area (Å²) in [6, 6.07) is -0.810. The van der Waals surface area contributed by atoms with Crippen LogP contribution in [0.4, 0.5) is 0 Å². The third kappa shape index (κ3) is 41.4. The highest BCUT2D eigenvalue weighted by Gasteiger charge is 2.24. The Labute approximate surface area is 348 Å². The molecule has 0 fully saturated rings. The van der Waals surface area contributed by atoms with E-state index >= 15 is 0 Å². The maximum atomic E-state index is 12.9. The Morgan fingerprint density at radius 1 is 0.607 bits per heavy atom. The lowest BCUT2D eigenvalue weighted by molar-refractivity contribution is -0.870. The number of aliphatic hydroxyl groups is 1. The predicted octanol–water partition coefficient (Wildman–Crippen LogP) is 12.9. The van der Waals surface area contributed by atoms with E-state index in [4.69, 9.17) is 9.05 Å². The van der Waals surface area contributed by atoms with Crippen molar-refractivity contribution in [1.82, 2.24) is 5.32 Å². The fourth-order valence-electron chi connectivity index (χ4n) is 7.15. The second kappa shape index (κ2) is 39.7. The lowest BCUT2D eigenvalue weighted by Crippen LogP contribution is -2.46. The van der Waals surface area contributed by atoms with E-state index in [1.54, 1.807) is 0 Å². The van der Waals surface area contributed by atoms with Gasteiger partial charge in [0.1, 0.15) is 13.2 Å². The third-order valence-electron chi connectivity index (χ3n) is 11.0. The molecule has 0 aromatic carbocycles. The fourth-order valence-corrected chi connectivity index (χ4v) is 7.88. The number of carbonyl (C=O) groups is 1. The molecule has 2 N–H and O–H groups in total. The largest absolute Gasteiger partial charge is 0.756 e. The van der Waals surface area contributed by atoms with Crippen LogP contribution >= 0.6 is 7.82 Å². The molecule has 0 saturated heterocycles. The van der Waals surface area contributed by atoms with Gasteiger partial charge in [-0.25, -0.2) is 0 Å². The monoisotopic (exact) mass is 815 g/mol. The van der Waals surface area contributed by atoms with Crippen LogP contribution in [0.5, 0.6) is 0 Å². The van der Waals surface area contributed by atoms with Crippen molar-refractivity contribution in [2.75, 3.05) is 40.9 Å². The summed E-state index contributed by atoms with van der Waals surface area (Å²) in [7, 11) is 1.30. The van der Waals surface area contributed by atoms with Crippen molar-refractivity contribution in [2.45, 2.75) is 244 Å². The van der Waals surface area contributed by atoms with Gasteiger partial charge in [0.2, 0.25) is 5.91 Å². The number of unbranched alkanes of at least 4 members (excludes halogenated alkanes) is 29. The first-order chi connectivity index (χ1) is 27.0. The minimum Gasteiger partial charge on any atom is -0.756 e. The molecule has 0 heterocycles. The van der Waals surface area contributed by atoms with E-state index in [0.29, 0.717) is 23.9 Å². The number of hydrogen-bond acceptors (Lipinski definition) is 6. The molecular formula is C47H95N2O6P. The van der Waals surface area contributed by atoms with E-state index in [1.807, 2.05) is 21.1 Å². The highest BCUT2D eigenvalue weighted by Crippen LogP contribution is 2.38. The lowest BCUT2D eigenvalue weighted by atomic mass is 10.0. The second-order valence-corrected chi connectivity index (χ2v) is 19.2. The Hall–Kier alpha value is -0.760. The quantitative estimate of drug-likeness (QED) is 0.0274. The highest BCUT2D eigenvalue weighted by atomic mass is 31.2. The van der Waals surface area contributed by atoms with Crippen molar-refractivity contribution in [1.29, 1.82) is 0 Å². The maximum absolute atomic E-state index is 12.9. The summed E-state index contributed by atoms with van der Waals surface area (Å²) in [6.45, 7) is 4.70. The van der Waals surface area contributed by atoms with Gasteiger partial charge >= 0.3 is 0 Å². The van der Waals surface area contributed by atoms with Gasteiger partial charge in [0.05, 0.1) is 39.9 Å². The number of nitrogens with zero attached hydrogens (tertiary/aromatic N) is 1. The number of rotatable bonds is 44. The minimum atomic E-state index is -4.57. The van der Waals surface area contributed by atoms with Crippen molar-refractivity contribution < 1.29 is 32.9 Å². The molecule has 1 unspecified atom stereocenters. The summed E-state index contributed by atoms with van der Waals surface area (Å²) in [5, 5.41) is 13.9. The van der Waals surface area contributed by atoms with Crippen LogP contribution < -0.4 is 10.2 Å². The number of quaternary nitrogens is 1. The molecule has 1 amide bonds. The molecule has 0 aliphatic carbocycles. The molecule has 0 spiro atoms. The van der Waals surface area contributed by atoms with Crippen LogP contribution in [0.15, 0.2) is 12.2 Å². The molecule has 8 nitrogen and oxygen atoms in total. The van der Waals surface area contributed by atoms with Crippen LogP contribution in [-0.4, -0.2) is 68.5 Å². The van der Waals surface area contributed by atoms with Crippen LogP contribution in [0.3, 0.4) is 0 Å². The average Bonchev–Trinajstić information content (AvgIpc) is 3.15. The van der Waals surface area contributed by atoms with E-state index in [1.165, 1.54) is 161 Å². The molecule has 0 rings (SSSR count). The molecule has 0 aromatic rings. The van der Waals surface area contributed by atoms with Crippen molar-refractivity contribution in [3.8, 4) is 0 Å². The Morgan fingerprint density at radius 2 is 0.982 bits per heavy atom. The Kier molecular flexibility index (Phi) is 39.1. The molecule has 9 heteroatoms. The molecule has 0 aliphatic rings. The first-order valence-electron chi connectivity index (χ1n) is 24.0. The third-order valence-corrected chi connectivity index (χ3v) is 12.0. The zero-order chi connectivity index (χ0) is 41.4. The highest BCUT2D eigenvalue weighted by molar-refractivity contribution is 7.45. The van der Waals surface area contributed by atoms with Crippen LogP contribution in [0, 0.1) is 0 Å². The van der Waals surface area contributed by atoms with Crippen LogP contribution in [-0.2, 0) is 18.4 Å². The smallest absolute Gasteiger partial charge is 0.268 e. The normalized spacial score (nSPS) is 14.3. The van der Waals surface area contributed by atoms with Gasteiger partial charge < -0.3 is 28.8 Å². The SMILES string of the molecule is CCCCCCCC/C=C/CCCC[C@@H](O)[C@H](COP(=O)([O-])OCC[N+](C)(C)C)NC(=O)CCCCCCCCCCCCCCCCCCCCCCCC. The summed E-state index contributed by atoms with van der Waals surface area (Å²) < 4.78 is 23.3. The second-order valence-electron chi connectivity index (χ2n) is 17.8. The van der Waals surface area contributed by atoms with Gasteiger partial charge in [-0.3, -0.25) is 9.36 Å². The van der Waals surface area contributed by atoms with Gasteiger partial charge in [0.15, 0.2) is 0 Å². The average molecular weight is 815 g/mol. The molecule has 0 bridgehead atoms. The number of carbonyl (C=O) groups excluding carboxylic acids is 1. The first-order valence-corrected chi connectivity index (χ1v) is 25.5. The Bertz CT molecular complexity index is 927. The molecule has 334 valence electrons. The summed E-state index contributed by atoms with van der Waals surface area (Å²) in [4.78, 5) is 25.3. The van der Waals surface area contributed by atoms with E-state index in [9.17, 15) is 19.4 Å². The predicted molar refractivity (Wildman–Crippen MR) is 238 cm³/mol. The number of hydrogen-bond donors (Lipinski definition) is 2. The van der Waals surface area contributed by atoms with E-state index < -0.39 is 20.0 Å². The molecule has 0 aliphatic heterocycles. The molecule has 0 radical (unpaired) electrons. The van der Waals surface area contributed by atoms with Crippen LogP contribution in [0.2, 0.25) is 0 Å². The van der Waals surface area contributed by atoms with Gasteiger partial charge in [-0.1, -0.05) is 199 Å². The van der Waals surface area contributed by atoms with Gasteiger partial charge in [-0.05, 0) is 38.5 Å². The van der Waals surface area contributed by atoms with E-state index in [-0.39, 0.29) is 19.1 Å². The Morgan fingerprint density at radius 3 is 1.39 bits per heavy atom. The van der Waals surface area contributed by atoms with Gasteiger partial charge in [0, 0.05) is 6.42 Å². The molecule has 3 atom stereocenters. The maximum Gasteiger partial charge on any atom is 0.268 e. The number of allylic oxidation sites excluding steroid dienone is 2. The fraction of sp³-hybridized carbons (Fsp3) is 0.936. The van der Waals surface area contributed by atoms with Crippen molar-refractivity contribution >= 4 is 13.7 Å². The molecule has 0 saturated carbocycles. The van der Waals surface area contributed by atoms with Crippen molar-refractivity contribution in [2.24, 2.45) is 0 Å². The lowest BCUT2D eigenvalue weighted by Gasteiger charge is -2.30. The number of phosphoric acid groups is 1. The van der Waals surface area contributed by atoms with Crippen LogP contribution in [0.1, 0.15) is 232 Å². The number of amides is 1. The minimum absolute atomic E-state index is 0.00966. The zero-order valence-corrected chi connectivity index (χ0v) is 38.7. The zero-order valence-electron chi connectivity index (χ0n) is 37.9. The number of aliphatic hydroxyl groups excluding tert-OH is 1. The number of nitrogens with one attached hydrogen (secondary N) is 1. The van der Waals surface area contributed by atoms with Crippen LogP contribution in [0.25, 0.3) is 0 Å². The van der Waals surface area contributed by atoms with E-state index in [2.05, 4.69) is 31.3 Å². The van der Waals surface area contributed by atoms with Gasteiger partial charge in [-0.15, -0.1) is 0 Å². The topological polar surface area (TPSA) is 108 Å². The first kappa shape index (κ1) is 55.2. The molecular weight excluding hydrogens is 719 g/mol. The molecule has 56 heavy (non-hydrogen) atoms. The summed E-state index contributed by atoms with van der Waals surface area (Å²) in [6.07, 6.45) is 45.1. The standard InChI is InChI=1S/C47H95N2O6P/c1-6-8-10-12-14-16-18-20-21-22-23-24-25-26-27-28-29-31-33-35-37-39-41-47(51)48-45(44-55-56(52,53)54-43-42-49(3,4)5)46(50)40-38-36-34-32-30-19-17-15-13-11-9-7-2/h30,32,45-46,50H,6-29,31,33-44H2,1-5H3,(H-,48,51,52,53)/b32-30+/t45-,46+/m0/s1. The number of phosphoric ester groups is 1. The summed E-state index contributed by atoms with van der Waals surface area (Å²) >= 11 is 0. The summed E-state index contributed by atoms with van der Waals surface area (Å²) in [5.74, 6) is -0.171. The summed E-state index contributed by atoms with van der Waals surface area (Å²) in [5.41, 5.74) is 0. The van der Waals surface area contributed by atoms with Crippen molar-refractivity contribution in [3.63, 3.8) is 0 Å².